The molecular weight excluding hydrogens is 244 g/mol. The summed E-state index contributed by atoms with van der Waals surface area (Å²) in [6, 6.07) is 10.4. The summed E-state index contributed by atoms with van der Waals surface area (Å²) in [4.78, 5) is 23.1. The summed E-state index contributed by atoms with van der Waals surface area (Å²) in [7, 11) is 0. The second kappa shape index (κ2) is 4.28. The highest BCUT2D eigenvalue weighted by Gasteiger charge is 2.29. The molecule has 5 heteroatoms. The number of rotatable bonds is 2. The van der Waals surface area contributed by atoms with Gasteiger partial charge in [-0.2, -0.15) is 0 Å². The third-order valence-corrected chi connectivity index (χ3v) is 3.25. The van der Waals surface area contributed by atoms with Gasteiger partial charge in [-0.3, -0.25) is 9.59 Å². The monoisotopic (exact) mass is 256 g/mol. The minimum atomic E-state index is -0.995. The number of hydrogen-bond donors (Lipinski definition) is 2. The Morgan fingerprint density at radius 3 is 2.84 bits per heavy atom. The van der Waals surface area contributed by atoms with Crippen molar-refractivity contribution >= 4 is 17.6 Å². The summed E-state index contributed by atoms with van der Waals surface area (Å²) >= 11 is 0. The zero-order chi connectivity index (χ0) is 13.4. The molecule has 0 fully saturated rings. The van der Waals surface area contributed by atoms with E-state index < -0.39 is 12.0 Å². The molecule has 19 heavy (non-hydrogen) atoms. The van der Waals surface area contributed by atoms with E-state index >= 15 is 0 Å². The maximum Gasteiger partial charge on any atom is 0.306 e. The average Bonchev–Trinajstić information content (AvgIpc) is 2.81. The first-order valence-corrected chi connectivity index (χ1v) is 5.96. The number of anilines is 1. The van der Waals surface area contributed by atoms with Gasteiger partial charge in [0.1, 0.15) is 6.04 Å². The summed E-state index contributed by atoms with van der Waals surface area (Å²) < 4.78 is 1.72. The van der Waals surface area contributed by atoms with Crippen molar-refractivity contribution in [1.29, 1.82) is 0 Å². The highest BCUT2D eigenvalue weighted by Crippen LogP contribution is 2.34. The highest BCUT2D eigenvalue weighted by molar-refractivity contribution is 6.01. The van der Waals surface area contributed by atoms with Gasteiger partial charge in [-0.25, -0.2) is 0 Å². The van der Waals surface area contributed by atoms with Gasteiger partial charge < -0.3 is 15.0 Å². The molecule has 1 amide bonds. The molecule has 1 aromatic heterocycles. The van der Waals surface area contributed by atoms with Crippen molar-refractivity contribution in [2.45, 2.75) is 12.5 Å². The Morgan fingerprint density at radius 2 is 2.05 bits per heavy atom. The number of carboxylic acids is 1. The fraction of sp³-hybridized carbons (Fsp3) is 0.143. The standard InChI is InChI=1S/C14H12N2O3/c17-13(18)8-12-14(19)15-10-5-2-1-4-9(10)11-6-3-7-16(11)12/h1-7,12H,8H2,(H,15,19)(H,17,18)/t12-/m0/s1. The predicted octanol–water partition coefficient (Wildman–Crippen LogP) is 2.12. The maximum absolute atomic E-state index is 12.2. The first-order chi connectivity index (χ1) is 9.16. The Morgan fingerprint density at radius 1 is 1.26 bits per heavy atom. The van der Waals surface area contributed by atoms with E-state index in [2.05, 4.69) is 5.32 Å². The summed E-state index contributed by atoms with van der Waals surface area (Å²) in [5.41, 5.74) is 2.45. The van der Waals surface area contributed by atoms with Crippen LogP contribution in [0.2, 0.25) is 0 Å². The van der Waals surface area contributed by atoms with Gasteiger partial charge in [0.25, 0.3) is 0 Å². The molecule has 0 aliphatic carbocycles. The predicted molar refractivity (Wildman–Crippen MR) is 69.8 cm³/mol. The van der Waals surface area contributed by atoms with Crippen molar-refractivity contribution < 1.29 is 14.7 Å². The van der Waals surface area contributed by atoms with E-state index in [0.717, 1.165) is 11.3 Å². The van der Waals surface area contributed by atoms with E-state index in [4.69, 9.17) is 5.11 Å². The van der Waals surface area contributed by atoms with Crippen molar-refractivity contribution in [3.05, 3.63) is 42.6 Å². The van der Waals surface area contributed by atoms with Crippen molar-refractivity contribution in [1.82, 2.24) is 4.57 Å². The lowest BCUT2D eigenvalue weighted by Gasteiger charge is -2.15. The van der Waals surface area contributed by atoms with Crippen LogP contribution in [0.4, 0.5) is 5.69 Å². The molecule has 5 nitrogen and oxygen atoms in total. The summed E-state index contributed by atoms with van der Waals surface area (Å²) in [5, 5.41) is 11.7. The largest absolute Gasteiger partial charge is 0.481 e. The van der Waals surface area contributed by atoms with Crippen LogP contribution >= 0.6 is 0 Å². The van der Waals surface area contributed by atoms with E-state index in [1.165, 1.54) is 0 Å². The minimum Gasteiger partial charge on any atom is -0.481 e. The zero-order valence-corrected chi connectivity index (χ0v) is 10.0. The fourth-order valence-electron chi connectivity index (χ4n) is 2.41. The van der Waals surface area contributed by atoms with Gasteiger partial charge in [-0.05, 0) is 18.2 Å². The summed E-state index contributed by atoms with van der Waals surface area (Å²) in [5.74, 6) is -1.30. The third-order valence-electron chi connectivity index (χ3n) is 3.25. The van der Waals surface area contributed by atoms with Gasteiger partial charge in [-0.1, -0.05) is 18.2 Å². The van der Waals surface area contributed by atoms with Crippen LogP contribution in [-0.4, -0.2) is 21.6 Å². The third kappa shape index (κ3) is 1.89. The van der Waals surface area contributed by atoms with Crippen LogP contribution in [0.5, 0.6) is 0 Å². The Labute approximate surface area is 109 Å². The van der Waals surface area contributed by atoms with Crippen LogP contribution in [0.15, 0.2) is 42.6 Å². The molecule has 96 valence electrons. The number of aliphatic carboxylic acids is 1. The molecule has 0 unspecified atom stereocenters. The number of carbonyl (C=O) groups is 2. The second-order valence-electron chi connectivity index (χ2n) is 4.45. The van der Waals surface area contributed by atoms with E-state index in [-0.39, 0.29) is 12.3 Å². The zero-order valence-electron chi connectivity index (χ0n) is 10.0. The van der Waals surface area contributed by atoms with Gasteiger partial charge in [0.2, 0.25) is 5.91 Å². The van der Waals surface area contributed by atoms with Crippen LogP contribution < -0.4 is 5.32 Å². The molecule has 2 N–H and O–H groups in total. The number of nitrogens with one attached hydrogen (secondary N) is 1. The van der Waals surface area contributed by atoms with Gasteiger partial charge in [0, 0.05) is 11.8 Å². The first kappa shape index (κ1) is 11.5. The number of nitrogens with zero attached hydrogens (tertiary/aromatic N) is 1. The number of carbonyl (C=O) groups excluding carboxylic acids is 1. The molecule has 3 rings (SSSR count). The summed E-state index contributed by atoms with van der Waals surface area (Å²) in [6.45, 7) is 0. The van der Waals surface area contributed by atoms with E-state index in [0.29, 0.717) is 5.69 Å². The number of carboxylic acid groups (broad SMARTS) is 1. The van der Waals surface area contributed by atoms with Crippen molar-refractivity contribution in [2.75, 3.05) is 5.32 Å². The van der Waals surface area contributed by atoms with Crippen LogP contribution in [0, 0.1) is 0 Å². The van der Waals surface area contributed by atoms with Crippen LogP contribution in [0.3, 0.4) is 0 Å². The maximum atomic E-state index is 12.2. The number of amides is 1. The fourth-order valence-corrected chi connectivity index (χ4v) is 2.41. The Balaban J connectivity index is 2.17. The molecule has 1 atom stereocenters. The lowest BCUT2D eigenvalue weighted by Crippen LogP contribution is -2.26. The smallest absolute Gasteiger partial charge is 0.306 e. The number of para-hydroxylation sites is 1. The number of hydrogen-bond acceptors (Lipinski definition) is 2. The van der Waals surface area contributed by atoms with Gasteiger partial charge >= 0.3 is 5.97 Å². The SMILES string of the molecule is O=C(O)C[C@H]1C(=O)Nc2ccccc2-c2cccn21. The van der Waals surface area contributed by atoms with Crippen LogP contribution in [-0.2, 0) is 9.59 Å². The molecule has 0 spiro atoms. The number of benzene rings is 1. The lowest BCUT2D eigenvalue weighted by atomic mass is 10.1. The topological polar surface area (TPSA) is 71.3 Å². The Bertz CT molecular complexity index is 660. The number of aromatic nitrogens is 1. The van der Waals surface area contributed by atoms with E-state index in [1.807, 2.05) is 36.4 Å². The molecule has 0 saturated heterocycles. The Hall–Kier alpha value is -2.56. The average molecular weight is 256 g/mol. The van der Waals surface area contributed by atoms with Crippen LogP contribution in [0.1, 0.15) is 12.5 Å². The minimum absolute atomic E-state index is 0.235. The molecule has 1 aromatic carbocycles. The van der Waals surface area contributed by atoms with Crippen molar-refractivity contribution in [3.63, 3.8) is 0 Å². The Kier molecular flexibility index (Phi) is 2.59. The molecule has 1 aliphatic rings. The van der Waals surface area contributed by atoms with Gasteiger partial charge in [0.15, 0.2) is 0 Å². The molecule has 1 aliphatic heterocycles. The second-order valence-corrected chi connectivity index (χ2v) is 4.45. The van der Waals surface area contributed by atoms with Crippen molar-refractivity contribution in [2.24, 2.45) is 0 Å². The van der Waals surface area contributed by atoms with E-state index in [9.17, 15) is 9.59 Å². The molecule has 2 aromatic rings. The van der Waals surface area contributed by atoms with Crippen LogP contribution in [0.25, 0.3) is 11.3 Å². The first-order valence-electron chi connectivity index (χ1n) is 5.96. The van der Waals surface area contributed by atoms with E-state index in [1.54, 1.807) is 10.8 Å². The van der Waals surface area contributed by atoms with Gasteiger partial charge in [0.05, 0.1) is 17.8 Å². The van der Waals surface area contributed by atoms with Gasteiger partial charge in [-0.15, -0.1) is 0 Å². The molecular formula is C14H12N2O3. The van der Waals surface area contributed by atoms with Crippen molar-refractivity contribution in [3.8, 4) is 11.3 Å². The normalized spacial score (nSPS) is 17.1. The number of fused-ring (bicyclic) bond motifs is 3. The molecule has 0 saturated carbocycles. The lowest BCUT2D eigenvalue weighted by molar-refractivity contribution is -0.139. The molecule has 2 heterocycles. The summed E-state index contributed by atoms with van der Waals surface area (Å²) in [6.07, 6.45) is 1.51. The quantitative estimate of drug-likeness (QED) is 0.864. The molecule has 0 bridgehead atoms. The highest BCUT2D eigenvalue weighted by atomic mass is 16.4. The molecule has 0 radical (unpaired) electrons.